The summed E-state index contributed by atoms with van der Waals surface area (Å²) in [7, 11) is 0. The van der Waals surface area contributed by atoms with Crippen molar-refractivity contribution in [3.05, 3.63) is 119 Å². The lowest BCUT2D eigenvalue weighted by atomic mass is 9.82. The fourth-order valence-electron chi connectivity index (χ4n) is 7.63. The number of rotatable bonds is 1. The van der Waals surface area contributed by atoms with Gasteiger partial charge in [-0.25, -0.2) is 4.98 Å². The molecule has 2 nitrogen and oxygen atoms in total. The van der Waals surface area contributed by atoms with Crippen LogP contribution in [0.5, 0.6) is 0 Å². The number of hydrogen-bond donors (Lipinski definition) is 0. The molecule has 0 spiro atoms. The van der Waals surface area contributed by atoms with Crippen LogP contribution in [0.3, 0.4) is 0 Å². The SMILES string of the molecule is Cc1ccc2c(c1)c(-c1ccc3c(n1)-c1ccccc1C3(C)C)cc1c3ccc(C)c4c3c(cc21)-c1ncccc1-4. The van der Waals surface area contributed by atoms with Crippen molar-refractivity contribution in [2.24, 2.45) is 0 Å². The summed E-state index contributed by atoms with van der Waals surface area (Å²) in [6.07, 6.45) is 1.92. The first-order valence-electron chi connectivity index (χ1n) is 14.4. The molecule has 0 saturated heterocycles. The van der Waals surface area contributed by atoms with Crippen molar-refractivity contribution in [3.63, 3.8) is 0 Å². The molecule has 0 bridgehead atoms. The van der Waals surface area contributed by atoms with Gasteiger partial charge in [-0.15, -0.1) is 0 Å². The predicted octanol–water partition coefficient (Wildman–Crippen LogP) is 10.2. The van der Waals surface area contributed by atoms with Crippen LogP contribution in [-0.2, 0) is 5.41 Å². The molecule has 0 aliphatic heterocycles. The molecule has 0 atom stereocenters. The number of aryl methyl sites for hydroxylation is 2. The zero-order valence-corrected chi connectivity index (χ0v) is 23.6. The number of pyridine rings is 2. The van der Waals surface area contributed by atoms with Crippen LogP contribution in [-0.4, -0.2) is 9.97 Å². The second kappa shape index (κ2) is 7.67. The molecule has 2 aromatic heterocycles. The van der Waals surface area contributed by atoms with Crippen molar-refractivity contribution in [3.8, 4) is 44.9 Å². The monoisotopic (exact) mass is 524 g/mol. The molecule has 0 radical (unpaired) electrons. The van der Waals surface area contributed by atoms with Gasteiger partial charge in [0.1, 0.15) is 0 Å². The number of nitrogens with zero attached hydrogens (tertiary/aromatic N) is 2. The quantitative estimate of drug-likeness (QED) is 0.200. The Bertz CT molecular complexity index is 2310. The van der Waals surface area contributed by atoms with Crippen LogP contribution in [0, 0.1) is 13.8 Å². The van der Waals surface area contributed by atoms with Gasteiger partial charge >= 0.3 is 0 Å². The van der Waals surface area contributed by atoms with Crippen LogP contribution in [0.4, 0.5) is 0 Å². The molecule has 194 valence electrons. The highest BCUT2D eigenvalue weighted by Gasteiger charge is 2.36. The number of hydrogen-bond acceptors (Lipinski definition) is 2. The Labute approximate surface area is 239 Å². The van der Waals surface area contributed by atoms with Crippen LogP contribution >= 0.6 is 0 Å². The summed E-state index contributed by atoms with van der Waals surface area (Å²) >= 11 is 0. The first-order chi connectivity index (χ1) is 19.9. The molecule has 0 N–H and O–H groups in total. The maximum absolute atomic E-state index is 5.41. The third-order valence-electron chi connectivity index (χ3n) is 9.63. The first kappa shape index (κ1) is 22.9. The average molecular weight is 525 g/mol. The zero-order chi connectivity index (χ0) is 27.6. The van der Waals surface area contributed by atoms with Gasteiger partial charge in [0.15, 0.2) is 0 Å². The van der Waals surface area contributed by atoms with Crippen LogP contribution in [0.25, 0.3) is 77.2 Å². The summed E-state index contributed by atoms with van der Waals surface area (Å²) in [5.41, 5.74) is 14.6. The molecule has 0 fully saturated rings. The molecule has 0 amide bonds. The van der Waals surface area contributed by atoms with Crippen molar-refractivity contribution < 1.29 is 0 Å². The van der Waals surface area contributed by atoms with Gasteiger partial charge in [0.05, 0.1) is 17.1 Å². The Hall–Kier alpha value is -4.82. The second-order valence-electron chi connectivity index (χ2n) is 12.3. The van der Waals surface area contributed by atoms with E-state index in [0.29, 0.717) is 0 Å². The molecule has 2 heteroatoms. The molecule has 2 aliphatic carbocycles. The van der Waals surface area contributed by atoms with Crippen LogP contribution in [0.2, 0.25) is 0 Å². The van der Waals surface area contributed by atoms with E-state index in [0.717, 1.165) is 17.1 Å². The molecular formula is C39H28N2. The minimum atomic E-state index is -0.0569. The molecule has 2 aliphatic rings. The lowest BCUT2D eigenvalue weighted by molar-refractivity contribution is 0.659. The standard InChI is InChI=1S/C39H28N2/c1-21-11-13-23-27(18-21)30(34-16-15-33-38(41-34)25-8-5-6-10-32(25)39(33,3)4)19-29-24-14-12-22(2)35-26-9-7-17-40-37(26)31(36(24)35)20-28(23)29/h5-20H,1-4H3. The van der Waals surface area contributed by atoms with E-state index in [9.17, 15) is 0 Å². The average Bonchev–Trinajstić information content (AvgIpc) is 3.44. The summed E-state index contributed by atoms with van der Waals surface area (Å²) < 4.78 is 0. The van der Waals surface area contributed by atoms with Crippen molar-refractivity contribution >= 4 is 32.3 Å². The summed E-state index contributed by atoms with van der Waals surface area (Å²) in [6, 6.07) is 33.8. The van der Waals surface area contributed by atoms with Gasteiger partial charge in [-0.3, -0.25) is 4.98 Å². The smallest absolute Gasteiger partial charge is 0.0787 e. The third-order valence-corrected chi connectivity index (χ3v) is 9.63. The van der Waals surface area contributed by atoms with E-state index < -0.39 is 0 Å². The zero-order valence-electron chi connectivity index (χ0n) is 23.6. The highest BCUT2D eigenvalue weighted by Crippen LogP contribution is 2.52. The first-order valence-corrected chi connectivity index (χ1v) is 14.4. The highest BCUT2D eigenvalue weighted by atomic mass is 14.7. The Morgan fingerprint density at radius 2 is 1.34 bits per heavy atom. The van der Waals surface area contributed by atoms with Gasteiger partial charge in [0.2, 0.25) is 0 Å². The van der Waals surface area contributed by atoms with E-state index in [4.69, 9.17) is 9.97 Å². The molecule has 0 saturated carbocycles. The summed E-state index contributed by atoms with van der Waals surface area (Å²) in [5.74, 6) is 0. The van der Waals surface area contributed by atoms with Gasteiger partial charge < -0.3 is 0 Å². The van der Waals surface area contributed by atoms with E-state index in [1.807, 2.05) is 6.20 Å². The minimum absolute atomic E-state index is 0.0569. The van der Waals surface area contributed by atoms with E-state index in [1.165, 1.54) is 82.4 Å². The van der Waals surface area contributed by atoms with Gasteiger partial charge in [0, 0.05) is 33.9 Å². The summed E-state index contributed by atoms with van der Waals surface area (Å²) in [5, 5.41) is 7.65. The summed E-state index contributed by atoms with van der Waals surface area (Å²) in [6.45, 7) is 9.02. The fourth-order valence-corrected chi connectivity index (χ4v) is 7.63. The molecular weight excluding hydrogens is 496 g/mol. The van der Waals surface area contributed by atoms with Gasteiger partial charge in [-0.2, -0.15) is 0 Å². The summed E-state index contributed by atoms with van der Waals surface area (Å²) in [4.78, 5) is 10.3. The molecule has 5 aromatic carbocycles. The largest absolute Gasteiger partial charge is 0.256 e. The van der Waals surface area contributed by atoms with Crippen molar-refractivity contribution in [1.29, 1.82) is 0 Å². The van der Waals surface area contributed by atoms with E-state index in [-0.39, 0.29) is 5.41 Å². The Morgan fingerprint density at radius 3 is 2.24 bits per heavy atom. The third kappa shape index (κ3) is 2.87. The lowest BCUT2D eigenvalue weighted by Gasteiger charge is -2.21. The van der Waals surface area contributed by atoms with Crippen molar-refractivity contribution in [2.75, 3.05) is 0 Å². The van der Waals surface area contributed by atoms with Crippen LogP contribution in [0.15, 0.2) is 97.2 Å². The normalized spacial score (nSPS) is 14.0. The number of benzene rings is 5. The van der Waals surface area contributed by atoms with Gasteiger partial charge in [-0.1, -0.05) is 86.1 Å². The fraction of sp³-hybridized carbons (Fsp3) is 0.128. The number of fused-ring (bicyclic) bond motifs is 10. The van der Waals surface area contributed by atoms with Crippen LogP contribution in [0.1, 0.15) is 36.1 Å². The van der Waals surface area contributed by atoms with E-state index in [2.05, 4.69) is 119 Å². The Kier molecular flexibility index (Phi) is 4.29. The lowest BCUT2D eigenvalue weighted by Crippen LogP contribution is -2.14. The second-order valence-corrected chi connectivity index (χ2v) is 12.3. The topological polar surface area (TPSA) is 25.8 Å². The highest BCUT2D eigenvalue weighted by molar-refractivity contribution is 6.28. The maximum Gasteiger partial charge on any atom is 0.0787 e. The van der Waals surface area contributed by atoms with Gasteiger partial charge in [-0.05, 0) is 92.7 Å². The Morgan fingerprint density at radius 1 is 0.561 bits per heavy atom. The molecule has 9 rings (SSSR count). The molecule has 2 heterocycles. The van der Waals surface area contributed by atoms with Crippen LogP contribution < -0.4 is 0 Å². The Balaban J connectivity index is 1.40. The van der Waals surface area contributed by atoms with E-state index >= 15 is 0 Å². The minimum Gasteiger partial charge on any atom is -0.256 e. The van der Waals surface area contributed by atoms with Crippen molar-refractivity contribution in [2.45, 2.75) is 33.1 Å². The molecule has 0 unspecified atom stereocenters. The maximum atomic E-state index is 5.41. The number of aromatic nitrogens is 2. The predicted molar refractivity (Wildman–Crippen MR) is 171 cm³/mol. The molecule has 7 aromatic rings. The molecule has 41 heavy (non-hydrogen) atoms. The van der Waals surface area contributed by atoms with Crippen molar-refractivity contribution in [1.82, 2.24) is 9.97 Å². The van der Waals surface area contributed by atoms with Gasteiger partial charge in [0.25, 0.3) is 0 Å². The van der Waals surface area contributed by atoms with E-state index in [1.54, 1.807) is 0 Å².